The molecular formula is C22H18F3N5O4S. The third kappa shape index (κ3) is 6.06. The highest BCUT2D eigenvalue weighted by Crippen LogP contribution is 2.26. The monoisotopic (exact) mass is 505 g/mol. The van der Waals surface area contributed by atoms with Crippen molar-refractivity contribution in [2.45, 2.75) is 25.1 Å². The number of aryl methyl sites for hydroxylation is 2. The summed E-state index contributed by atoms with van der Waals surface area (Å²) in [5.74, 6) is 0.650. The molecule has 0 aliphatic heterocycles. The maximum Gasteiger partial charge on any atom is 0.573 e. The summed E-state index contributed by atoms with van der Waals surface area (Å²) in [4.78, 5) is 8.05. The van der Waals surface area contributed by atoms with Gasteiger partial charge in [0.2, 0.25) is 5.88 Å². The molecule has 0 atom stereocenters. The Morgan fingerprint density at radius 1 is 0.914 bits per heavy atom. The fourth-order valence-corrected chi connectivity index (χ4v) is 4.17. The highest BCUT2D eigenvalue weighted by molar-refractivity contribution is 7.92. The Morgan fingerprint density at radius 3 is 2.17 bits per heavy atom. The second-order valence-electron chi connectivity index (χ2n) is 7.30. The first-order valence-electron chi connectivity index (χ1n) is 10.0. The first-order chi connectivity index (χ1) is 16.5. The molecule has 0 fully saturated rings. The number of halogens is 3. The van der Waals surface area contributed by atoms with Crippen molar-refractivity contribution in [2.24, 2.45) is 0 Å². The van der Waals surface area contributed by atoms with Crippen LogP contribution in [0.1, 0.15) is 11.4 Å². The summed E-state index contributed by atoms with van der Waals surface area (Å²) in [7, 11) is -4.04. The van der Waals surface area contributed by atoms with E-state index < -0.39 is 22.1 Å². The normalized spacial score (nSPS) is 11.8. The quantitative estimate of drug-likeness (QED) is 0.385. The van der Waals surface area contributed by atoms with E-state index in [1.54, 1.807) is 10.7 Å². The number of nitrogens with one attached hydrogen (secondary N) is 1. The van der Waals surface area contributed by atoms with Crippen LogP contribution in [0.3, 0.4) is 0 Å². The molecule has 182 valence electrons. The van der Waals surface area contributed by atoms with Gasteiger partial charge in [0.05, 0.1) is 10.6 Å². The van der Waals surface area contributed by atoms with Crippen molar-refractivity contribution in [2.75, 3.05) is 4.72 Å². The highest BCUT2D eigenvalue weighted by Gasteiger charge is 2.31. The summed E-state index contributed by atoms with van der Waals surface area (Å²) in [5.41, 5.74) is 1.96. The highest BCUT2D eigenvalue weighted by atomic mass is 32.2. The fraction of sp³-hybridized carbons (Fsp3) is 0.136. The minimum absolute atomic E-state index is 0.221. The zero-order valence-corrected chi connectivity index (χ0v) is 19.1. The molecule has 4 rings (SSSR count). The summed E-state index contributed by atoms with van der Waals surface area (Å²) < 4.78 is 75.4. The van der Waals surface area contributed by atoms with Crippen molar-refractivity contribution in [3.8, 4) is 23.2 Å². The van der Waals surface area contributed by atoms with E-state index in [1.165, 1.54) is 30.6 Å². The van der Waals surface area contributed by atoms with Crippen molar-refractivity contribution < 1.29 is 31.1 Å². The number of nitrogens with zero attached hydrogens (tertiary/aromatic N) is 4. The van der Waals surface area contributed by atoms with Crippen LogP contribution in [0.4, 0.5) is 18.9 Å². The minimum Gasteiger partial charge on any atom is -0.439 e. The third-order valence-corrected chi connectivity index (χ3v) is 5.95. The van der Waals surface area contributed by atoms with E-state index in [0.29, 0.717) is 11.6 Å². The zero-order chi connectivity index (χ0) is 25.2. The van der Waals surface area contributed by atoms with E-state index >= 15 is 0 Å². The molecule has 2 aromatic heterocycles. The number of alkyl halides is 3. The summed E-state index contributed by atoms with van der Waals surface area (Å²) in [6, 6.07) is 13.4. The van der Waals surface area contributed by atoms with Crippen LogP contribution in [0.15, 0.2) is 71.9 Å². The second-order valence-corrected chi connectivity index (χ2v) is 8.99. The lowest BCUT2D eigenvalue weighted by molar-refractivity contribution is -0.274. The lowest BCUT2D eigenvalue weighted by Gasteiger charge is -2.11. The first-order valence-corrected chi connectivity index (χ1v) is 11.5. The van der Waals surface area contributed by atoms with Gasteiger partial charge in [0.25, 0.3) is 10.0 Å². The van der Waals surface area contributed by atoms with Crippen LogP contribution in [-0.4, -0.2) is 34.5 Å². The van der Waals surface area contributed by atoms with Crippen LogP contribution in [-0.2, 0) is 10.0 Å². The smallest absolute Gasteiger partial charge is 0.439 e. The molecule has 13 heteroatoms. The third-order valence-electron chi connectivity index (χ3n) is 4.55. The molecule has 0 aliphatic carbocycles. The van der Waals surface area contributed by atoms with Crippen LogP contribution in [0.2, 0.25) is 0 Å². The van der Waals surface area contributed by atoms with Crippen LogP contribution in [0.25, 0.3) is 5.82 Å². The van der Waals surface area contributed by atoms with Crippen molar-refractivity contribution in [3.63, 3.8) is 0 Å². The molecule has 35 heavy (non-hydrogen) atoms. The van der Waals surface area contributed by atoms with Crippen LogP contribution >= 0.6 is 0 Å². The molecule has 4 aromatic rings. The molecule has 0 spiro atoms. The molecular weight excluding hydrogens is 487 g/mol. The topological polar surface area (TPSA) is 108 Å². The minimum atomic E-state index is -4.87. The summed E-state index contributed by atoms with van der Waals surface area (Å²) in [6.07, 6.45) is -3.53. The predicted molar refractivity (Wildman–Crippen MR) is 119 cm³/mol. The lowest BCUT2D eigenvalue weighted by Crippen LogP contribution is -2.17. The molecule has 2 aromatic carbocycles. The van der Waals surface area contributed by atoms with Crippen LogP contribution < -0.4 is 14.2 Å². The molecule has 0 radical (unpaired) electrons. The van der Waals surface area contributed by atoms with Gasteiger partial charge in [-0.05, 0) is 68.4 Å². The number of benzene rings is 2. The average molecular weight is 505 g/mol. The molecule has 0 aliphatic rings. The molecule has 2 heterocycles. The number of aromatic nitrogens is 4. The zero-order valence-electron chi connectivity index (χ0n) is 18.3. The average Bonchev–Trinajstić information content (AvgIpc) is 3.12. The Morgan fingerprint density at radius 2 is 1.57 bits per heavy atom. The number of sulfonamides is 1. The van der Waals surface area contributed by atoms with Gasteiger partial charge in [-0.25, -0.2) is 23.1 Å². The number of ether oxygens (including phenoxy) is 2. The predicted octanol–water partition coefficient (Wildman–Crippen LogP) is 4.77. The Kier molecular flexibility index (Phi) is 6.35. The number of anilines is 1. The van der Waals surface area contributed by atoms with E-state index in [0.717, 1.165) is 35.7 Å². The Hall–Kier alpha value is -4.13. The maximum absolute atomic E-state index is 12.5. The van der Waals surface area contributed by atoms with E-state index in [1.807, 2.05) is 19.9 Å². The van der Waals surface area contributed by atoms with Gasteiger partial charge >= 0.3 is 6.36 Å². The Labute approximate surface area is 198 Å². The Bertz CT molecular complexity index is 1440. The molecule has 9 nitrogen and oxygen atoms in total. The van der Waals surface area contributed by atoms with Crippen molar-refractivity contribution >= 4 is 15.7 Å². The maximum atomic E-state index is 12.5. The van der Waals surface area contributed by atoms with E-state index in [-0.39, 0.29) is 16.5 Å². The van der Waals surface area contributed by atoms with Crippen molar-refractivity contribution in [1.82, 2.24) is 19.7 Å². The van der Waals surface area contributed by atoms with E-state index in [9.17, 15) is 21.6 Å². The summed E-state index contributed by atoms with van der Waals surface area (Å²) in [5, 5.41) is 4.37. The molecule has 0 unspecified atom stereocenters. The standard InChI is InChI=1S/C22H18F3N5O4S/c1-14-11-15(2)30(28-14)20-12-21(27-13-26-20)33-17-5-3-16(4-6-17)29-35(31,32)19-9-7-18(8-10-19)34-22(23,24)25/h3-13,29H,1-2H3. The summed E-state index contributed by atoms with van der Waals surface area (Å²) >= 11 is 0. The van der Waals surface area contributed by atoms with Crippen LogP contribution in [0.5, 0.6) is 17.4 Å². The van der Waals surface area contributed by atoms with E-state index in [4.69, 9.17) is 4.74 Å². The summed E-state index contributed by atoms with van der Waals surface area (Å²) in [6.45, 7) is 3.77. The fourth-order valence-electron chi connectivity index (χ4n) is 3.11. The van der Waals surface area contributed by atoms with Gasteiger partial charge in [-0.15, -0.1) is 13.2 Å². The van der Waals surface area contributed by atoms with Crippen molar-refractivity contribution in [3.05, 3.63) is 78.4 Å². The van der Waals surface area contributed by atoms with Gasteiger partial charge in [0.15, 0.2) is 5.82 Å². The van der Waals surface area contributed by atoms with Gasteiger partial charge in [0, 0.05) is 17.4 Å². The number of hydrogen-bond acceptors (Lipinski definition) is 7. The molecule has 0 bridgehead atoms. The van der Waals surface area contributed by atoms with Gasteiger partial charge in [-0.3, -0.25) is 4.72 Å². The number of rotatable bonds is 7. The molecule has 0 saturated heterocycles. The Balaban J connectivity index is 1.44. The van der Waals surface area contributed by atoms with Gasteiger partial charge < -0.3 is 9.47 Å². The second kappa shape index (κ2) is 9.25. The van der Waals surface area contributed by atoms with Gasteiger partial charge in [-0.2, -0.15) is 5.10 Å². The van der Waals surface area contributed by atoms with Gasteiger partial charge in [0.1, 0.15) is 17.8 Å². The SMILES string of the molecule is Cc1cc(C)n(-c2cc(Oc3ccc(NS(=O)(=O)c4ccc(OC(F)(F)F)cc4)cc3)ncn2)n1. The molecule has 1 N–H and O–H groups in total. The van der Waals surface area contributed by atoms with Crippen LogP contribution in [0, 0.1) is 13.8 Å². The molecule has 0 amide bonds. The lowest BCUT2D eigenvalue weighted by atomic mass is 10.3. The number of hydrogen-bond donors (Lipinski definition) is 1. The molecule has 0 saturated carbocycles. The largest absolute Gasteiger partial charge is 0.573 e. The first kappa shape index (κ1) is 24.0. The van der Waals surface area contributed by atoms with Crippen molar-refractivity contribution in [1.29, 1.82) is 0 Å². The van der Waals surface area contributed by atoms with Gasteiger partial charge in [-0.1, -0.05) is 0 Å². The van der Waals surface area contributed by atoms with E-state index in [2.05, 4.69) is 24.5 Å².